The molecule has 0 radical (unpaired) electrons. The fourth-order valence-corrected chi connectivity index (χ4v) is 2.59. The fraction of sp³-hybridized carbons (Fsp3) is 0.556. The van der Waals surface area contributed by atoms with Gasteiger partial charge in [-0.1, -0.05) is 39.8 Å². The Bertz CT molecular complexity index is 535. The third-order valence-corrected chi connectivity index (χ3v) is 4.27. The molecule has 4 nitrogen and oxygen atoms in total. The number of likely N-dealkylation sites (tertiary alicyclic amines) is 1. The van der Waals surface area contributed by atoms with Crippen LogP contribution in [0.3, 0.4) is 0 Å². The number of nitrogens with zero attached hydrogens (tertiary/aromatic N) is 1. The monoisotopic (exact) mass is 302 g/mol. The average molecular weight is 302 g/mol. The second-order valence-corrected chi connectivity index (χ2v) is 7.26. The van der Waals surface area contributed by atoms with E-state index in [4.69, 9.17) is 0 Å². The van der Waals surface area contributed by atoms with Gasteiger partial charge in [0, 0.05) is 18.8 Å². The third-order valence-electron chi connectivity index (χ3n) is 4.27. The molecule has 120 valence electrons. The molecule has 0 saturated carbocycles. The van der Waals surface area contributed by atoms with Crippen molar-refractivity contribution in [2.24, 2.45) is 5.92 Å². The van der Waals surface area contributed by atoms with Crippen LogP contribution in [0.25, 0.3) is 0 Å². The first-order chi connectivity index (χ1) is 10.3. The van der Waals surface area contributed by atoms with Gasteiger partial charge in [0.25, 0.3) is 0 Å². The van der Waals surface area contributed by atoms with E-state index in [0.29, 0.717) is 24.7 Å². The minimum Gasteiger partial charge on any atom is -0.334 e. The van der Waals surface area contributed by atoms with Crippen LogP contribution in [-0.4, -0.2) is 29.8 Å². The molecule has 1 aromatic carbocycles. The van der Waals surface area contributed by atoms with Crippen molar-refractivity contribution in [3.05, 3.63) is 29.8 Å². The van der Waals surface area contributed by atoms with Crippen LogP contribution in [0.2, 0.25) is 0 Å². The predicted octanol–water partition coefficient (Wildman–Crippen LogP) is 3.18. The highest BCUT2D eigenvalue weighted by molar-refractivity contribution is 6.39. The van der Waals surface area contributed by atoms with E-state index in [1.54, 1.807) is 4.90 Å². The molecule has 2 rings (SSSR count). The Morgan fingerprint density at radius 2 is 1.64 bits per heavy atom. The molecule has 0 aromatic heterocycles. The molecule has 0 spiro atoms. The van der Waals surface area contributed by atoms with Crippen LogP contribution in [0.4, 0.5) is 5.69 Å². The van der Waals surface area contributed by atoms with Gasteiger partial charge >= 0.3 is 11.8 Å². The predicted molar refractivity (Wildman–Crippen MR) is 88.7 cm³/mol. The lowest BCUT2D eigenvalue weighted by atomic mass is 9.87. The summed E-state index contributed by atoms with van der Waals surface area (Å²) in [5.74, 6) is -0.332. The van der Waals surface area contributed by atoms with Crippen LogP contribution in [0, 0.1) is 5.92 Å². The molecule has 2 amide bonds. The number of amides is 2. The average Bonchev–Trinajstić information content (AvgIpc) is 2.47. The van der Waals surface area contributed by atoms with Gasteiger partial charge in [-0.2, -0.15) is 0 Å². The normalized spacial score (nSPS) is 16.5. The van der Waals surface area contributed by atoms with Crippen molar-refractivity contribution in [1.29, 1.82) is 0 Å². The topological polar surface area (TPSA) is 49.4 Å². The molecule has 0 aliphatic carbocycles. The Hall–Kier alpha value is -1.84. The van der Waals surface area contributed by atoms with E-state index in [1.807, 2.05) is 24.3 Å². The van der Waals surface area contributed by atoms with E-state index in [1.165, 1.54) is 5.56 Å². The second-order valence-electron chi connectivity index (χ2n) is 7.26. The quantitative estimate of drug-likeness (QED) is 0.810. The zero-order valence-corrected chi connectivity index (χ0v) is 14.0. The van der Waals surface area contributed by atoms with Crippen molar-refractivity contribution >= 4 is 17.5 Å². The third kappa shape index (κ3) is 4.09. The number of hydrogen-bond acceptors (Lipinski definition) is 2. The lowest BCUT2D eigenvalue weighted by Gasteiger charge is -2.29. The number of nitrogens with one attached hydrogen (secondary N) is 1. The summed E-state index contributed by atoms with van der Waals surface area (Å²) in [5.41, 5.74) is 1.93. The van der Waals surface area contributed by atoms with Crippen molar-refractivity contribution in [2.75, 3.05) is 18.4 Å². The SMILES string of the molecule is CC1CCN(C(=O)C(=O)Nc2ccc(C(C)(C)C)cc2)CC1. The van der Waals surface area contributed by atoms with Gasteiger partial charge in [0.2, 0.25) is 0 Å². The van der Waals surface area contributed by atoms with Gasteiger partial charge in [0.05, 0.1) is 0 Å². The molecular formula is C18H26N2O2. The summed E-state index contributed by atoms with van der Waals surface area (Å²) in [6.45, 7) is 9.95. The first kappa shape index (κ1) is 16.5. The fourth-order valence-electron chi connectivity index (χ4n) is 2.59. The maximum absolute atomic E-state index is 12.1. The molecule has 1 heterocycles. The van der Waals surface area contributed by atoms with E-state index in [0.717, 1.165) is 12.8 Å². The summed E-state index contributed by atoms with van der Waals surface area (Å²) in [6, 6.07) is 7.68. The van der Waals surface area contributed by atoms with Gasteiger partial charge < -0.3 is 10.2 Å². The Balaban J connectivity index is 1.95. The minimum atomic E-state index is -0.543. The highest BCUT2D eigenvalue weighted by atomic mass is 16.2. The lowest BCUT2D eigenvalue weighted by Crippen LogP contribution is -2.43. The van der Waals surface area contributed by atoms with Crippen LogP contribution in [0.5, 0.6) is 0 Å². The van der Waals surface area contributed by atoms with Crippen LogP contribution >= 0.6 is 0 Å². The number of carbonyl (C=O) groups excluding carboxylic acids is 2. The zero-order chi connectivity index (χ0) is 16.3. The molecule has 1 aliphatic heterocycles. The number of carbonyl (C=O) groups is 2. The van der Waals surface area contributed by atoms with Crippen LogP contribution in [0.1, 0.15) is 46.1 Å². The Morgan fingerprint density at radius 3 is 2.14 bits per heavy atom. The van der Waals surface area contributed by atoms with Crippen LogP contribution < -0.4 is 5.32 Å². The number of piperidine rings is 1. The highest BCUT2D eigenvalue weighted by Gasteiger charge is 2.25. The van der Waals surface area contributed by atoms with Crippen LogP contribution in [0.15, 0.2) is 24.3 Å². The van der Waals surface area contributed by atoms with E-state index >= 15 is 0 Å². The van der Waals surface area contributed by atoms with Gasteiger partial charge in [0.15, 0.2) is 0 Å². The number of anilines is 1. The maximum Gasteiger partial charge on any atom is 0.313 e. The molecule has 1 aromatic rings. The van der Waals surface area contributed by atoms with Crippen molar-refractivity contribution in [3.8, 4) is 0 Å². The lowest BCUT2D eigenvalue weighted by molar-refractivity contribution is -0.144. The summed E-state index contributed by atoms with van der Waals surface area (Å²) in [4.78, 5) is 25.9. The number of hydrogen-bond donors (Lipinski definition) is 1. The second kappa shape index (κ2) is 6.51. The molecule has 4 heteroatoms. The molecule has 1 saturated heterocycles. The summed E-state index contributed by atoms with van der Waals surface area (Å²) in [6.07, 6.45) is 1.94. The van der Waals surface area contributed by atoms with Gasteiger partial charge in [-0.05, 0) is 41.9 Å². The molecule has 0 atom stereocenters. The summed E-state index contributed by atoms with van der Waals surface area (Å²) in [7, 11) is 0. The smallest absolute Gasteiger partial charge is 0.313 e. The first-order valence-electron chi connectivity index (χ1n) is 7.98. The van der Waals surface area contributed by atoms with Crippen molar-refractivity contribution in [3.63, 3.8) is 0 Å². The van der Waals surface area contributed by atoms with Crippen LogP contribution in [-0.2, 0) is 15.0 Å². The number of benzene rings is 1. The molecule has 1 aliphatic rings. The molecular weight excluding hydrogens is 276 g/mol. The molecule has 1 N–H and O–H groups in total. The zero-order valence-electron chi connectivity index (χ0n) is 14.0. The van der Waals surface area contributed by atoms with Gasteiger partial charge in [-0.3, -0.25) is 9.59 Å². The van der Waals surface area contributed by atoms with Crippen molar-refractivity contribution < 1.29 is 9.59 Å². The number of rotatable bonds is 1. The van der Waals surface area contributed by atoms with Gasteiger partial charge in [-0.15, -0.1) is 0 Å². The summed E-state index contributed by atoms with van der Waals surface area (Å²) < 4.78 is 0. The summed E-state index contributed by atoms with van der Waals surface area (Å²) in [5, 5.41) is 2.70. The first-order valence-corrected chi connectivity index (χ1v) is 7.98. The Labute approximate surface area is 132 Å². The van der Waals surface area contributed by atoms with E-state index < -0.39 is 11.8 Å². The Morgan fingerprint density at radius 1 is 1.09 bits per heavy atom. The van der Waals surface area contributed by atoms with Crippen molar-refractivity contribution in [2.45, 2.75) is 46.0 Å². The Kier molecular flexibility index (Phi) is 4.89. The molecule has 1 fully saturated rings. The minimum absolute atomic E-state index is 0.0723. The van der Waals surface area contributed by atoms with Gasteiger partial charge in [0.1, 0.15) is 0 Å². The molecule has 0 bridgehead atoms. The highest BCUT2D eigenvalue weighted by Crippen LogP contribution is 2.23. The van der Waals surface area contributed by atoms with E-state index in [9.17, 15) is 9.59 Å². The largest absolute Gasteiger partial charge is 0.334 e. The molecule has 22 heavy (non-hydrogen) atoms. The standard InChI is InChI=1S/C18H26N2O2/c1-13-9-11-20(12-10-13)17(22)16(21)19-15-7-5-14(6-8-15)18(2,3)4/h5-8,13H,9-12H2,1-4H3,(H,19,21). The van der Waals surface area contributed by atoms with Gasteiger partial charge in [-0.25, -0.2) is 0 Å². The van der Waals surface area contributed by atoms with E-state index in [-0.39, 0.29) is 5.41 Å². The summed E-state index contributed by atoms with van der Waals surface area (Å²) >= 11 is 0. The van der Waals surface area contributed by atoms with Crippen molar-refractivity contribution in [1.82, 2.24) is 4.90 Å². The van der Waals surface area contributed by atoms with E-state index in [2.05, 4.69) is 33.0 Å². The maximum atomic E-state index is 12.1. The molecule has 0 unspecified atom stereocenters.